The molecule has 2 aliphatic rings. The number of nitrogens with one attached hydrogen (secondary N) is 1. The van der Waals surface area contributed by atoms with Crippen molar-refractivity contribution in [3.63, 3.8) is 0 Å². The smallest absolute Gasteiger partial charge is 0.228 e. The standard InChI is InChI=1S/C17H24N2O/c18-10-15(12-4-2-1-3-5-12)17(20)19-11-16(13-6-7-13)14-8-9-14/h1-5,13-16H,6-11,18H2,(H,19,20). The maximum absolute atomic E-state index is 12.4. The van der Waals surface area contributed by atoms with Crippen molar-refractivity contribution in [3.8, 4) is 0 Å². The van der Waals surface area contributed by atoms with E-state index < -0.39 is 0 Å². The van der Waals surface area contributed by atoms with E-state index in [-0.39, 0.29) is 11.8 Å². The second kappa shape index (κ2) is 5.96. The molecule has 2 saturated carbocycles. The van der Waals surface area contributed by atoms with Gasteiger partial charge >= 0.3 is 0 Å². The zero-order chi connectivity index (χ0) is 13.9. The Hall–Kier alpha value is -1.35. The summed E-state index contributed by atoms with van der Waals surface area (Å²) < 4.78 is 0. The molecule has 3 nitrogen and oxygen atoms in total. The van der Waals surface area contributed by atoms with Gasteiger partial charge in [0.2, 0.25) is 5.91 Å². The molecule has 3 N–H and O–H groups in total. The summed E-state index contributed by atoms with van der Waals surface area (Å²) in [6.45, 7) is 1.21. The van der Waals surface area contributed by atoms with Crippen molar-refractivity contribution in [2.24, 2.45) is 23.5 Å². The van der Waals surface area contributed by atoms with Crippen LogP contribution in [-0.2, 0) is 4.79 Å². The number of hydrogen-bond acceptors (Lipinski definition) is 2. The van der Waals surface area contributed by atoms with E-state index in [1.165, 1.54) is 25.7 Å². The van der Waals surface area contributed by atoms with Crippen LogP contribution in [0.25, 0.3) is 0 Å². The minimum absolute atomic E-state index is 0.0880. The van der Waals surface area contributed by atoms with Crippen molar-refractivity contribution in [1.29, 1.82) is 0 Å². The third-order valence-electron chi connectivity index (χ3n) is 4.72. The molecule has 2 fully saturated rings. The van der Waals surface area contributed by atoms with Gasteiger partial charge in [0.15, 0.2) is 0 Å². The number of benzene rings is 1. The molecule has 1 amide bonds. The highest BCUT2D eigenvalue weighted by molar-refractivity contribution is 5.83. The molecule has 0 radical (unpaired) electrons. The van der Waals surface area contributed by atoms with Gasteiger partial charge in [0.05, 0.1) is 5.92 Å². The summed E-state index contributed by atoms with van der Waals surface area (Å²) in [6.07, 6.45) is 5.43. The average molecular weight is 272 g/mol. The van der Waals surface area contributed by atoms with Crippen LogP contribution >= 0.6 is 0 Å². The van der Waals surface area contributed by atoms with Gasteiger partial charge in [0.1, 0.15) is 0 Å². The van der Waals surface area contributed by atoms with Crippen LogP contribution < -0.4 is 11.1 Å². The number of rotatable bonds is 7. The van der Waals surface area contributed by atoms with E-state index in [1.807, 2.05) is 30.3 Å². The van der Waals surface area contributed by atoms with Crippen LogP contribution in [-0.4, -0.2) is 19.0 Å². The van der Waals surface area contributed by atoms with Gasteiger partial charge in [-0.3, -0.25) is 4.79 Å². The van der Waals surface area contributed by atoms with Gasteiger partial charge in [-0.2, -0.15) is 0 Å². The average Bonchev–Trinajstić information content (AvgIpc) is 3.35. The third-order valence-corrected chi connectivity index (χ3v) is 4.72. The quantitative estimate of drug-likeness (QED) is 0.800. The van der Waals surface area contributed by atoms with E-state index in [0.29, 0.717) is 12.5 Å². The van der Waals surface area contributed by atoms with Crippen molar-refractivity contribution in [2.75, 3.05) is 13.1 Å². The summed E-state index contributed by atoms with van der Waals surface area (Å²) >= 11 is 0. The van der Waals surface area contributed by atoms with Crippen molar-refractivity contribution < 1.29 is 4.79 Å². The van der Waals surface area contributed by atoms with Crippen LogP contribution in [0.15, 0.2) is 30.3 Å². The van der Waals surface area contributed by atoms with Gasteiger partial charge in [-0.15, -0.1) is 0 Å². The number of nitrogens with two attached hydrogens (primary N) is 1. The normalized spacial score (nSPS) is 19.9. The molecule has 3 rings (SSSR count). The van der Waals surface area contributed by atoms with Gasteiger partial charge in [-0.25, -0.2) is 0 Å². The summed E-state index contributed by atoms with van der Waals surface area (Å²) in [4.78, 5) is 12.4. The first-order valence-electron chi connectivity index (χ1n) is 7.82. The summed E-state index contributed by atoms with van der Waals surface area (Å²) in [5.74, 6) is 2.33. The lowest BCUT2D eigenvalue weighted by atomic mass is 9.95. The lowest BCUT2D eigenvalue weighted by Gasteiger charge is -2.20. The zero-order valence-electron chi connectivity index (χ0n) is 11.9. The second-order valence-electron chi connectivity index (χ2n) is 6.28. The first kappa shape index (κ1) is 13.6. The highest BCUT2D eigenvalue weighted by Gasteiger charge is 2.41. The molecule has 108 valence electrons. The van der Waals surface area contributed by atoms with Crippen LogP contribution in [0.5, 0.6) is 0 Å². The van der Waals surface area contributed by atoms with Crippen molar-refractivity contribution in [1.82, 2.24) is 5.32 Å². The van der Waals surface area contributed by atoms with Gasteiger partial charge in [0, 0.05) is 13.1 Å². The van der Waals surface area contributed by atoms with E-state index in [4.69, 9.17) is 5.73 Å². The van der Waals surface area contributed by atoms with Crippen LogP contribution in [0.1, 0.15) is 37.2 Å². The lowest BCUT2D eigenvalue weighted by Crippen LogP contribution is -2.37. The maximum Gasteiger partial charge on any atom is 0.228 e. The first-order valence-corrected chi connectivity index (χ1v) is 7.82. The van der Waals surface area contributed by atoms with E-state index in [1.54, 1.807) is 0 Å². The number of hydrogen-bond donors (Lipinski definition) is 2. The topological polar surface area (TPSA) is 55.1 Å². The fourth-order valence-electron chi connectivity index (χ4n) is 3.19. The molecule has 0 heterocycles. The Morgan fingerprint density at radius 2 is 1.75 bits per heavy atom. The molecule has 0 bridgehead atoms. The minimum atomic E-state index is -0.213. The second-order valence-corrected chi connectivity index (χ2v) is 6.28. The molecule has 0 spiro atoms. The van der Waals surface area contributed by atoms with E-state index >= 15 is 0 Å². The number of amides is 1. The molecule has 1 unspecified atom stereocenters. The summed E-state index contributed by atoms with van der Waals surface area (Å²) in [5, 5.41) is 3.16. The van der Waals surface area contributed by atoms with Crippen LogP contribution in [0.2, 0.25) is 0 Å². The summed E-state index contributed by atoms with van der Waals surface area (Å²) in [6, 6.07) is 9.85. The Labute approximate surface area is 120 Å². The minimum Gasteiger partial charge on any atom is -0.355 e. The number of carbonyl (C=O) groups is 1. The fraction of sp³-hybridized carbons (Fsp3) is 0.588. The van der Waals surface area contributed by atoms with Gasteiger partial charge < -0.3 is 11.1 Å². The van der Waals surface area contributed by atoms with Crippen LogP contribution in [0, 0.1) is 17.8 Å². The molecule has 0 aliphatic heterocycles. The monoisotopic (exact) mass is 272 g/mol. The molecule has 0 aromatic heterocycles. The Balaban J connectivity index is 1.57. The number of carbonyl (C=O) groups excluding carboxylic acids is 1. The molecular weight excluding hydrogens is 248 g/mol. The Kier molecular flexibility index (Phi) is 4.06. The Bertz CT molecular complexity index is 439. The predicted octanol–water partition coefficient (Wildman–Crippen LogP) is 2.28. The summed E-state index contributed by atoms with van der Waals surface area (Å²) in [7, 11) is 0. The van der Waals surface area contributed by atoms with Crippen molar-refractivity contribution in [3.05, 3.63) is 35.9 Å². The molecule has 1 aromatic rings. The van der Waals surface area contributed by atoms with Gasteiger partial charge in [-0.05, 0) is 49.0 Å². The fourth-order valence-corrected chi connectivity index (χ4v) is 3.19. The van der Waals surface area contributed by atoms with Gasteiger partial charge in [0.25, 0.3) is 0 Å². The highest BCUT2D eigenvalue weighted by atomic mass is 16.1. The molecule has 3 heteroatoms. The molecular formula is C17H24N2O. The SMILES string of the molecule is NCC(C(=O)NCC(C1CC1)C1CC1)c1ccccc1. The zero-order valence-corrected chi connectivity index (χ0v) is 11.9. The highest BCUT2D eigenvalue weighted by Crippen LogP contribution is 2.48. The van der Waals surface area contributed by atoms with Gasteiger partial charge in [-0.1, -0.05) is 30.3 Å². The largest absolute Gasteiger partial charge is 0.355 e. The first-order chi connectivity index (χ1) is 9.79. The van der Waals surface area contributed by atoms with Crippen LogP contribution in [0.3, 0.4) is 0 Å². The molecule has 20 heavy (non-hydrogen) atoms. The van der Waals surface area contributed by atoms with Crippen molar-refractivity contribution in [2.45, 2.75) is 31.6 Å². The van der Waals surface area contributed by atoms with E-state index in [9.17, 15) is 4.79 Å². The summed E-state index contributed by atoms with van der Waals surface area (Å²) in [5.41, 5.74) is 6.81. The lowest BCUT2D eigenvalue weighted by molar-refractivity contribution is -0.122. The molecule has 2 aliphatic carbocycles. The third kappa shape index (κ3) is 3.21. The Morgan fingerprint density at radius 3 is 2.25 bits per heavy atom. The molecule has 1 atom stereocenters. The Morgan fingerprint density at radius 1 is 1.15 bits per heavy atom. The van der Waals surface area contributed by atoms with Crippen LogP contribution in [0.4, 0.5) is 0 Å². The maximum atomic E-state index is 12.4. The molecule has 1 aromatic carbocycles. The van der Waals surface area contributed by atoms with E-state index in [2.05, 4.69) is 5.32 Å². The molecule has 0 saturated heterocycles. The van der Waals surface area contributed by atoms with E-state index in [0.717, 1.165) is 23.9 Å². The van der Waals surface area contributed by atoms with Crippen molar-refractivity contribution >= 4 is 5.91 Å². The predicted molar refractivity (Wildman–Crippen MR) is 80.2 cm³/mol.